The zero-order valence-electron chi connectivity index (χ0n) is 18.6. The number of nitrogens with one attached hydrogen (secondary N) is 2. The maximum absolute atomic E-state index is 13.7. The Balaban J connectivity index is 2.05. The largest absolute Gasteiger partial charge is 0.421 e. The standard InChI is InChI=1S/C20H23F6N5O3S/c1-3-28-35(33,34)12-5-6-15(13(9-12)19(21,22)23)29-17-27-10-14(20(24,25)26)16(30-17)31-8-4-7-18(2,32)11-31/h5-6,9-10,28,32H,3-4,7-8,11H2,1-2H3,(H,27,29,30)/t18-/m0/s1. The Morgan fingerprint density at radius 1 is 1.14 bits per heavy atom. The second-order valence-corrected chi connectivity index (χ2v) is 10.0. The molecule has 1 atom stereocenters. The SMILES string of the molecule is CCNS(=O)(=O)c1ccc(Nc2ncc(C(F)(F)F)c(N3CCC[C@](C)(O)C3)n2)c(C(F)(F)F)c1. The van der Waals surface area contributed by atoms with Crippen LogP contribution in [0.1, 0.15) is 37.8 Å². The van der Waals surface area contributed by atoms with Gasteiger partial charge >= 0.3 is 12.4 Å². The van der Waals surface area contributed by atoms with Gasteiger partial charge in [0, 0.05) is 25.8 Å². The average molecular weight is 527 g/mol. The molecule has 3 rings (SSSR count). The molecule has 35 heavy (non-hydrogen) atoms. The van der Waals surface area contributed by atoms with Crippen LogP contribution in [-0.4, -0.2) is 48.7 Å². The lowest BCUT2D eigenvalue weighted by molar-refractivity contribution is -0.138. The normalized spacial score (nSPS) is 19.6. The Bertz CT molecular complexity index is 1180. The lowest BCUT2D eigenvalue weighted by atomic mass is 9.95. The highest BCUT2D eigenvalue weighted by Gasteiger charge is 2.40. The van der Waals surface area contributed by atoms with Gasteiger partial charge in [-0.05, 0) is 38.0 Å². The first-order valence-corrected chi connectivity index (χ1v) is 11.9. The van der Waals surface area contributed by atoms with Crippen LogP contribution in [-0.2, 0) is 22.4 Å². The predicted octanol–water partition coefficient (Wildman–Crippen LogP) is 3.91. The molecule has 0 bridgehead atoms. The maximum Gasteiger partial charge on any atom is 0.421 e. The summed E-state index contributed by atoms with van der Waals surface area (Å²) in [5, 5.41) is 12.6. The topological polar surface area (TPSA) is 107 Å². The van der Waals surface area contributed by atoms with Gasteiger partial charge < -0.3 is 15.3 Å². The van der Waals surface area contributed by atoms with E-state index in [1.54, 1.807) is 0 Å². The Kier molecular flexibility index (Phi) is 7.26. The van der Waals surface area contributed by atoms with Crippen LogP contribution in [0, 0.1) is 0 Å². The molecule has 0 spiro atoms. The molecule has 1 aromatic carbocycles. The van der Waals surface area contributed by atoms with Crippen LogP contribution in [0.25, 0.3) is 0 Å². The van der Waals surface area contributed by atoms with E-state index in [1.807, 2.05) is 0 Å². The van der Waals surface area contributed by atoms with E-state index in [1.165, 1.54) is 18.7 Å². The van der Waals surface area contributed by atoms with Gasteiger partial charge in [-0.1, -0.05) is 6.92 Å². The van der Waals surface area contributed by atoms with Crippen molar-refractivity contribution in [1.82, 2.24) is 14.7 Å². The summed E-state index contributed by atoms with van der Waals surface area (Å²) >= 11 is 0. The number of aliphatic hydroxyl groups is 1. The molecular weight excluding hydrogens is 504 g/mol. The van der Waals surface area contributed by atoms with Crippen LogP contribution in [0.4, 0.5) is 43.8 Å². The third-order valence-corrected chi connectivity index (χ3v) is 6.78. The van der Waals surface area contributed by atoms with Gasteiger partial charge in [0.05, 0.1) is 21.7 Å². The monoisotopic (exact) mass is 527 g/mol. The van der Waals surface area contributed by atoms with E-state index in [-0.39, 0.29) is 19.6 Å². The van der Waals surface area contributed by atoms with Crippen LogP contribution in [0.2, 0.25) is 0 Å². The number of alkyl halides is 6. The van der Waals surface area contributed by atoms with E-state index in [0.717, 1.165) is 12.1 Å². The predicted molar refractivity (Wildman–Crippen MR) is 115 cm³/mol. The van der Waals surface area contributed by atoms with E-state index >= 15 is 0 Å². The molecule has 2 heterocycles. The minimum absolute atomic E-state index is 0.0464. The highest BCUT2D eigenvalue weighted by molar-refractivity contribution is 7.89. The van der Waals surface area contributed by atoms with E-state index in [0.29, 0.717) is 25.1 Å². The van der Waals surface area contributed by atoms with Crippen LogP contribution >= 0.6 is 0 Å². The summed E-state index contributed by atoms with van der Waals surface area (Å²) < 4.78 is 108. The summed E-state index contributed by atoms with van der Waals surface area (Å²) in [5.74, 6) is -1.15. The highest BCUT2D eigenvalue weighted by Crippen LogP contribution is 2.40. The fourth-order valence-electron chi connectivity index (χ4n) is 3.70. The third kappa shape index (κ3) is 6.32. The highest BCUT2D eigenvalue weighted by atomic mass is 32.2. The van der Waals surface area contributed by atoms with Crippen LogP contribution < -0.4 is 14.9 Å². The van der Waals surface area contributed by atoms with E-state index in [4.69, 9.17) is 0 Å². The number of rotatable bonds is 6. The Labute approximate surface area is 197 Å². The zero-order valence-corrected chi connectivity index (χ0v) is 19.4. The minimum atomic E-state index is -5.00. The van der Waals surface area contributed by atoms with Crippen molar-refractivity contribution >= 4 is 27.5 Å². The molecule has 0 radical (unpaired) electrons. The molecule has 0 saturated carbocycles. The van der Waals surface area contributed by atoms with Gasteiger partial charge in [-0.2, -0.15) is 31.3 Å². The van der Waals surface area contributed by atoms with E-state index in [9.17, 15) is 39.9 Å². The second-order valence-electron chi connectivity index (χ2n) is 8.28. The van der Waals surface area contributed by atoms with Crippen molar-refractivity contribution in [1.29, 1.82) is 0 Å². The molecule has 1 saturated heterocycles. The molecule has 1 fully saturated rings. The molecule has 0 aliphatic carbocycles. The summed E-state index contributed by atoms with van der Waals surface area (Å²) in [4.78, 5) is 7.92. The summed E-state index contributed by atoms with van der Waals surface area (Å²) in [6.07, 6.45) is -8.67. The Morgan fingerprint density at radius 3 is 2.37 bits per heavy atom. The fraction of sp³-hybridized carbons (Fsp3) is 0.500. The number of aromatic nitrogens is 2. The van der Waals surface area contributed by atoms with Crippen molar-refractivity contribution in [2.45, 2.75) is 49.5 Å². The first-order chi connectivity index (χ1) is 16.0. The summed E-state index contributed by atoms with van der Waals surface area (Å²) in [5.41, 5.74) is -4.51. The summed E-state index contributed by atoms with van der Waals surface area (Å²) in [6, 6.07) is 2.16. The molecule has 194 valence electrons. The molecular formula is C20H23F6N5O3S. The summed E-state index contributed by atoms with van der Waals surface area (Å²) in [6.45, 7) is 2.85. The molecule has 2 aromatic rings. The van der Waals surface area contributed by atoms with Crippen molar-refractivity contribution in [3.63, 3.8) is 0 Å². The lowest BCUT2D eigenvalue weighted by Crippen LogP contribution is -2.47. The number of piperidine rings is 1. The number of sulfonamides is 1. The molecule has 3 N–H and O–H groups in total. The molecule has 1 aliphatic rings. The Hall–Kier alpha value is -2.65. The van der Waals surface area contributed by atoms with Crippen molar-refractivity contribution in [3.05, 3.63) is 35.5 Å². The average Bonchev–Trinajstić information content (AvgIpc) is 2.71. The fourth-order valence-corrected chi connectivity index (χ4v) is 4.77. The third-order valence-electron chi connectivity index (χ3n) is 5.24. The Morgan fingerprint density at radius 2 is 1.80 bits per heavy atom. The smallest absolute Gasteiger partial charge is 0.388 e. The van der Waals surface area contributed by atoms with Crippen LogP contribution in [0.3, 0.4) is 0 Å². The van der Waals surface area contributed by atoms with Crippen molar-refractivity contribution in [2.75, 3.05) is 29.9 Å². The molecule has 1 aliphatic heterocycles. The molecule has 15 heteroatoms. The lowest BCUT2D eigenvalue weighted by Gasteiger charge is -2.38. The van der Waals surface area contributed by atoms with Gasteiger partial charge in [0.15, 0.2) is 0 Å². The maximum atomic E-state index is 13.7. The molecule has 1 aromatic heterocycles. The molecule has 0 amide bonds. The first kappa shape index (κ1) is 26.9. The van der Waals surface area contributed by atoms with Crippen molar-refractivity contribution in [2.24, 2.45) is 0 Å². The zero-order chi connectivity index (χ0) is 26.2. The van der Waals surface area contributed by atoms with Crippen molar-refractivity contribution < 1.29 is 39.9 Å². The van der Waals surface area contributed by atoms with Gasteiger partial charge in [0.2, 0.25) is 16.0 Å². The van der Waals surface area contributed by atoms with Gasteiger partial charge in [0.1, 0.15) is 11.4 Å². The van der Waals surface area contributed by atoms with E-state index < -0.39 is 61.5 Å². The van der Waals surface area contributed by atoms with Crippen LogP contribution in [0.5, 0.6) is 0 Å². The molecule has 8 nitrogen and oxygen atoms in total. The van der Waals surface area contributed by atoms with Crippen molar-refractivity contribution in [3.8, 4) is 0 Å². The minimum Gasteiger partial charge on any atom is -0.388 e. The van der Waals surface area contributed by atoms with Gasteiger partial charge in [-0.15, -0.1) is 0 Å². The first-order valence-electron chi connectivity index (χ1n) is 10.4. The number of halogens is 6. The quantitative estimate of drug-likeness (QED) is 0.489. The van der Waals surface area contributed by atoms with Gasteiger partial charge in [-0.3, -0.25) is 0 Å². The van der Waals surface area contributed by atoms with Gasteiger partial charge in [0.25, 0.3) is 0 Å². The molecule has 0 unspecified atom stereocenters. The number of β-amino-alcohol motifs (C(OH)–C–C–N with tert-alkyl or cyclic N) is 1. The number of hydrogen-bond donors (Lipinski definition) is 3. The number of hydrogen-bond acceptors (Lipinski definition) is 7. The summed E-state index contributed by atoms with van der Waals surface area (Å²) in [7, 11) is -4.20. The van der Waals surface area contributed by atoms with Crippen LogP contribution in [0.15, 0.2) is 29.3 Å². The number of benzene rings is 1. The number of anilines is 3. The van der Waals surface area contributed by atoms with Gasteiger partial charge in [-0.25, -0.2) is 18.1 Å². The second kappa shape index (κ2) is 9.43. The number of nitrogens with zero attached hydrogens (tertiary/aromatic N) is 3. The van der Waals surface area contributed by atoms with E-state index in [2.05, 4.69) is 20.0 Å².